The number of aromatic amines is 1. The zero-order valence-corrected chi connectivity index (χ0v) is 25.7. The van der Waals surface area contributed by atoms with Gasteiger partial charge in [0.25, 0.3) is 11.8 Å². The standard InChI is InChI=1S/C34H29BrN4O3S/c1-2-31(34(42)37-25-17-15-24(35)16-18-25)43-27-12-8-11-26(20-27)38-33(41)30(39-32(40)22-9-4-3-5-10-22)19-23-21-36-29-14-7-6-13-28(23)29/h3-21,31,36H,2H2,1H3,(H,37,42)(H,38,41)(H,39,40)/b30-19-. The zero-order chi connectivity index (χ0) is 30.2. The number of nitrogens with one attached hydrogen (secondary N) is 4. The lowest BCUT2D eigenvalue weighted by Crippen LogP contribution is -2.30. The molecule has 0 saturated carbocycles. The number of anilines is 2. The van der Waals surface area contributed by atoms with Crippen molar-refractivity contribution in [3.8, 4) is 0 Å². The SMILES string of the molecule is CCC(Sc1cccc(NC(=O)/C(=C/c2c[nH]c3ccccc23)NC(=O)c2ccccc2)c1)C(=O)Nc1ccc(Br)cc1. The van der Waals surface area contributed by atoms with E-state index < -0.39 is 11.8 Å². The molecule has 0 radical (unpaired) electrons. The summed E-state index contributed by atoms with van der Waals surface area (Å²) in [5.41, 5.74) is 3.48. The zero-order valence-electron chi connectivity index (χ0n) is 23.3. The summed E-state index contributed by atoms with van der Waals surface area (Å²) in [4.78, 5) is 43.6. The quantitative estimate of drug-likeness (QED) is 0.0911. The first-order chi connectivity index (χ1) is 20.9. The predicted octanol–water partition coefficient (Wildman–Crippen LogP) is 7.85. The van der Waals surface area contributed by atoms with Crippen molar-refractivity contribution in [2.45, 2.75) is 23.5 Å². The minimum atomic E-state index is -0.475. The van der Waals surface area contributed by atoms with Crippen LogP contribution in [0.1, 0.15) is 29.3 Å². The van der Waals surface area contributed by atoms with E-state index in [9.17, 15) is 14.4 Å². The van der Waals surface area contributed by atoms with Gasteiger partial charge in [0.05, 0.1) is 5.25 Å². The summed E-state index contributed by atoms with van der Waals surface area (Å²) in [5.74, 6) is -0.970. The number of benzene rings is 4. The maximum atomic E-state index is 13.6. The minimum Gasteiger partial charge on any atom is -0.361 e. The Kier molecular flexibility index (Phi) is 9.76. The van der Waals surface area contributed by atoms with Crippen molar-refractivity contribution >= 4 is 73.8 Å². The highest BCUT2D eigenvalue weighted by Gasteiger charge is 2.20. The fraction of sp³-hybridized carbons (Fsp3) is 0.0882. The van der Waals surface area contributed by atoms with E-state index >= 15 is 0 Å². The summed E-state index contributed by atoms with van der Waals surface area (Å²) in [6.45, 7) is 1.96. The van der Waals surface area contributed by atoms with Crippen LogP contribution in [0.4, 0.5) is 11.4 Å². The van der Waals surface area contributed by atoms with Gasteiger partial charge in [-0.05, 0) is 73.2 Å². The molecule has 0 saturated heterocycles. The molecule has 0 aliphatic carbocycles. The molecule has 5 rings (SSSR count). The molecule has 3 amide bonds. The van der Waals surface area contributed by atoms with E-state index in [-0.39, 0.29) is 16.9 Å². The van der Waals surface area contributed by atoms with E-state index in [4.69, 9.17) is 0 Å². The third-order valence-corrected chi connectivity index (χ3v) is 8.48. The monoisotopic (exact) mass is 652 g/mol. The van der Waals surface area contributed by atoms with Crippen LogP contribution < -0.4 is 16.0 Å². The smallest absolute Gasteiger partial charge is 0.272 e. The van der Waals surface area contributed by atoms with Crippen molar-refractivity contribution in [1.82, 2.24) is 10.3 Å². The van der Waals surface area contributed by atoms with E-state index in [1.54, 1.807) is 42.6 Å². The van der Waals surface area contributed by atoms with Crippen LogP contribution in [0, 0.1) is 0 Å². The molecule has 0 bridgehead atoms. The van der Waals surface area contributed by atoms with Crippen molar-refractivity contribution in [3.63, 3.8) is 0 Å². The molecule has 4 N–H and O–H groups in total. The van der Waals surface area contributed by atoms with E-state index in [1.807, 2.05) is 79.7 Å². The lowest BCUT2D eigenvalue weighted by atomic mass is 10.1. The molecule has 0 aliphatic heterocycles. The Hall–Kier alpha value is -4.60. The molecular weight excluding hydrogens is 624 g/mol. The van der Waals surface area contributed by atoms with Gasteiger partial charge in [-0.3, -0.25) is 14.4 Å². The van der Waals surface area contributed by atoms with Crippen LogP contribution in [0.15, 0.2) is 124 Å². The van der Waals surface area contributed by atoms with Gasteiger partial charge in [0.2, 0.25) is 5.91 Å². The number of hydrogen-bond acceptors (Lipinski definition) is 4. The summed E-state index contributed by atoms with van der Waals surface area (Å²) in [6, 6.07) is 31.2. The summed E-state index contributed by atoms with van der Waals surface area (Å²) >= 11 is 4.83. The fourth-order valence-corrected chi connectivity index (χ4v) is 5.68. The van der Waals surface area contributed by atoms with E-state index in [1.165, 1.54) is 11.8 Å². The van der Waals surface area contributed by atoms with Gasteiger partial charge in [-0.1, -0.05) is 65.3 Å². The van der Waals surface area contributed by atoms with Crippen LogP contribution in [0.25, 0.3) is 17.0 Å². The van der Waals surface area contributed by atoms with Crippen molar-refractivity contribution in [2.75, 3.05) is 10.6 Å². The van der Waals surface area contributed by atoms with Gasteiger partial charge in [0.1, 0.15) is 5.70 Å². The van der Waals surface area contributed by atoms with Crippen LogP contribution in [0.2, 0.25) is 0 Å². The average molecular weight is 654 g/mol. The van der Waals surface area contributed by atoms with Gasteiger partial charge in [-0.2, -0.15) is 0 Å². The number of aromatic nitrogens is 1. The van der Waals surface area contributed by atoms with Crippen LogP contribution in [-0.4, -0.2) is 28.0 Å². The summed E-state index contributed by atoms with van der Waals surface area (Å²) in [6.07, 6.45) is 4.08. The molecular formula is C34H29BrN4O3S. The second kappa shape index (κ2) is 14.0. The molecule has 216 valence electrons. The Bertz CT molecular complexity index is 1780. The van der Waals surface area contributed by atoms with E-state index in [2.05, 4.69) is 36.9 Å². The predicted molar refractivity (Wildman–Crippen MR) is 178 cm³/mol. The van der Waals surface area contributed by atoms with Gasteiger partial charge >= 0.3 is 0 Å². The second-order valence-electron chi connectivity index (χ2n) is 9.66. The van der Waals surface area contributed by atoms with Gasteiger partial charge in [-0.15, -0.1) is 11.8 Å². The lowest BCUT2D eigenvalue weighted by Gasteiger charge is -2.16. The van der Waals surface area contributed by atoms with Crippen molar-refractivity contribution in [3.05, 3.63) is 131 Å². The average Bonchev–Trinajstić information content (AvgIpc) is 3.43. The molecule has 1 heterocycles. The maximum absolute atomic E-state index is 13.6. The number of carbonyl (C=O) groups is 3. The molecule has 43 heavy (non-hydrogen) atoms. The summed E-state index contributed by atoms with van der Waals surface area (Å²) < 4.78 is 0.935. The molecule has 5 aromatic rings. The molecule has 0 fully saturated rings. The highest BCUT2D eigenvalue weighted by Crippen LogP contribution is 2.29. The maximum Gasteiger partial charge on any atom is 0.272 e. The fourth-order valence-electron chi connectivity index (χ4n) is 4.40. The van der Waals surface area contributed by atoms with Crippen molar-refractivity contribution < 1.29 is 14.4 Å². The molecule has 1 unspecified atom stereocenters. The van der Waals surface area contributed by atoms with Crippen molar-refractivity contribution in [1.29, 1.82) is 0 Å². The number of rotatable bonds is 10. The first-order valence-corrected chi connectivity index (χ1v) is 15.4. The number of thioether (sulfide) groups is 1. The third-order valence-electron chi connectivity index (χ3n) is 6.60. The number of H-pyrrole nitrogens is 1. The van der Waals surface area contributed by atoms with Gasteiger partial charge in [-0.25, -0.2) is 0 Å². The van der Waals surface area contributed by atoms with Gasteiger partial charge in [0, 0.05) is 49.0 Å². The Labute approximate surface area is 262 Å². The van der Waals surface area contributed by atoms with Crippen LogP contribution in [-0.2, 0) is 9.59 Å². The largest absolute Gasteiger partial charge is 0.361 e. The molecule has 4 aromatic carbocycles. The van der Waals surface area contributed by atoms with Crippen LogP contribution in [0.5, 0.6) is 0 Å². The van der Waals surface area contributed by atoms with Crippen molar-refractivity contribution in [2.24, 2.45) is 0 Å². The Morgan fingerprint density at radius 3 is 2.37 bits per heavy atom. The summed E-state index contributed by atoms with van der Waals surface area (Å²) in [5, 5.41) is 9.26. The second-order valence-corrected chi connectivity index (χ2v) is 11.9. The van der Waals surface area contributed by atoms with E-state index in [0.29, 0.717) is 17.7 Å². The van der Waals surface area contributed by atoms with Gasteiger partial charge < -0.3 is 20.9 Å². The number of amides is 3. The first-order valence-electron chi connectivity index (χ1n) is 13.7. The molecule has 0 aliphatic rings. The van der Waals surface area contributed by atoms with Gasteiger partial charge in [0.15, 0.2) is 0 Å². The Morgan fingerprint density at radius 2 is 1.60 bits per heavy atom. The first kappa shape index (κ1) is 29.9. The number of fused-ring (bicyclic) bond motifs is 1. The van der Waals surface area contributed by atoms with Crippen LogP contribution >= 0.6 is 27.7 Å². The van der Waals surface area contributed by atoms with Crippen LogP contribution in [0.3, 0.4) is 0 Å². The highest BCUT2D eigenvalue weighted by molar-refractivity contribution is 9.10. The normalized spacial score (nSPS) is 12.0. The third kappa shape index (κ3) is 7.82. The lowest BCUT2D eigenvalue weighted by molar-refractivity contribution is -0.116. The molecule has 9 heteroatoms. The molecule has 7 nitrogen and oxygen atoms in total. The Balaban J connectivity index is 1.34. The number of carbonyl (C=O) groups excluding carboxylic acids is 3. The van der Waals surface area contributed by atoms with E-state index in [0.717, 1.165) is 31.5 Å². The number of halogens is 1. The molecule has 1 atom stereocenters. The number of para-hydroxylation sites is 1. The molecule has 0 spiro atoms. The Morgan fingerprint density at radius 1 is 0.860 bits per heavy atom. The number of hydrogen-bond donors (Lipinski definition) is 4. The highest BCUT2D eigenvalue weighted by atomic mass is 79.9. The summed E-state index contributed by atoms with van der Waals surface area (Å²) in [7, 11) is 0. The molecule has 1 aromatic heterocycles. The topological polar surface area (TPSA) is 103 Å². The minimum absolute atomic E-state index is 0.0944.